The van der Waals surface area contributed by atoms with E-state index in [2.05, 4.69) is 64.1 Å². The van der Waals surface area contributed by atoms with Gasteiger partial charge in [-0.15, -0.1) is 0 Å². The molecule has 0 saturated heterocycles. The average molecular weight is 296 g/mol. The molecule has 2 rings (SSSR count). The molecule has 3 heteroatoms. The second-order valence-electron chi connectivity index (χ2n) is 3.93. The molecule has 0 saturated carbocycles. The van der Waals surface area contributed by atoms with E-state index in [0.29, 0.717) is 0 Å². The maximum Gasteiger partial charge on any atom is 4.00 e. The van der Waals surface area contributed by atoms with Crippen molar-refractivity contribution in [3.63, 3.8) is 0 Å². The van der Waals surface area contributed by atoms with E-state index in [0.717, 1.165) is 14.2 Å². The molecule has 0 aromatic heterocycles. The van der Waals surface area contributed by atoms with Crippen LogP contribution in [-0.4, -0.2) is 14.2 Å². The van der Waals surface area contributed by atoms with Gasteiger partial charge in [0.15, 0.2) is 0 Å². The second-order valence-corrected chi connectivity index (χ2v) is 3.93. The van der Waals surface area contributed by atoms with Crippen LogP contribution in [0.2, 0.25) is 0 Å². The SMILES string of the molecule is C[O-].C[O-].Cc1cc[c-](C)c1.Cc1cc[c-](C)c1.[Ti+4]. The van der Waals surface area contributed by atoms with Crippen molar-refractivity contribution in [1.29, 1.82) is 0 Å². The van der Waals surface area contributed by atoms with E-state index in [1.54, 1.807) is 0 Å². The molecule has 0 heterocycles. The van der Waals surface area contributed by atoms with Crippen LogP contribution in [0.3, 0.4) is 0 Å². The van der Waals surface area contributed by atoms with E-state index in [-0.39, 0.29) is 21.7 Å². The fourth-order valence-electron chi connectivity index (χ4n) is 1.44. The molecule has 0 aliphatic rings. The average Bonchev–Trinajstić information content (AvgIpc) is 2.93. The van der Waals surface area contributed by atoms with E-state index in [1.165, 1.54) is 22.3 Å². The van der Waals surface area contributed by atoms with Crippen molar-refractivity contribution in [3.8, 4) is 0 Å². The van der Waals surface area contributed by atoms with Crippen LogP contribution < -0.4 is 10.2 Å². The number of rotatable bonds is 0. The Hall–Kier alpha value is -0.666. The molecule has 0 aliphatic carbocycles. The van der Waals surface area contributed by atoms with Crippen LogP contribution in [0.4, 0.5) is 0 Å². The maximum atomic E-state index is 8.25. The molecule has 2 aromatic rings. The normalized spacial score (nSPS) is 7.58. The summed E-state index contributed by atoms with van der Waals surface area (Å²) in [6.45, 7) is 8.42. The molecule has 0 spiro atoms. The van der Waals surface area contributed by atoms with E-state index >= 15 is 0 Å². The van der Waals surface area contributed by atoms with Crippen LogP contribution in [0, 0.1) is 27.7 Å². The van der Waals surface area contributed by atoms with Crippen molar-refractivity contribution >= 4 is 0 Å². The smallest absolute Gasteiger partial charge is 0.857 e. The Morgan fingerprint density at radius 3 is 1.05 bits per heavy atom. The fourth-order valence-corrected chi connectivity index (χ4v) is 1.44. The van der Waals surface area contributed by atoms with Gasteiger partial charge in [0.1, 0.15) is 0 Å². The van der Waals surface area contributed by atoms with Gasteiger partial charge >= 0.3 is 21.7 Å². The minimum atomic E-state index is 0. The third-order valence-electron chi connectivity index (χ3n) is 2.13. The molecule has 0 atom stereocenters. The summed E-state index contributed by atoms with van der Waals surface area (Å²) in [6.07, 6.45) is 0. The van der Waals surface area contributed by atoms with E-state index in [4.69, 9.17) is 10.2 Å². The first-order valence-electron chi connectivity index (χ1n) is 5.79. The van der Waals surface area contributed by atoms with Crippen LogP contribution in [-0.2, 0) is 21.7 Å². The Morgan fingerprint density at radius 1 is 0.737 bits per heavy atom. The molecule has 2 nitrogen and oxygen atoms in total. The molecule has 2 aromatic carbocycles. The van der Waals surface area contributed by atoms with Gasteiger partial charge in [-0.25, -0.2) is 23.3 Å². The summed E-state index contributed by atoms with van der Waals surface area (Å²) < 4.78 is 0. The van der Waals surface area contributed by atoms with Gasteiger partial charge < -0.3 is 10.2 Å². The summed E-state index contributed by atoms with van der Waals surface area (Å²) in [5.74, 6) is 0. The van der Waals surface area contributed by atoms with Gasteiger partial charge in [0.25, 0.3) is 0 Å². The van der Waals surface area contributed by atoms with Crippen molar-refractivity contribution in [2.45, 2.75) is 27.7 Å². The van der Waals surface area contributed by atoms with Crippen LogP contribution in [0.5, 0.6) is 0 Å². The number of hydrogen-bond donors (Lipinski definition) is 0. The van der Waals surface area contributed by atoms with Crippen molar-refractivity contribution in [2.24, 2.45) is 0 Å². The standard InChI is InChI=1S/2C7H9.2CH3O.Ti/c2*1-6-3-4-7(2)5-6;2*1-2;/h2*3-5H,1-2H3;2*1H3;/q4*-1;+4. The molecule has 0 N–H and O–H groups in total. The monoisotopic (exact) mass is 296 g/mol. The topological polar surface area (TPSA) is 46.1 Å². The van der Waals surface area contributed by atoms with Crippen LogP contribution in [0.25, 0.3) is 0 Å². The molecule has 0 fully saturated rings. The quantitative estimate of drug-likeness (QED) is 0.551. The van der Waals surface area contributed by atoms with Gasteiger partial charge in [-0.2, -0.15) is 49.6 Å². The Morgan fingerprint density at radius 2 is 1.00 bits per heavy atom. The summed E-state index contributed by atoms with van der Waals surface area (Å²) in [5.41, 5.74) is 5.44. The first-order chi connectivity index (χ1) is 8.58. The number of hydrogen-bond acceptors (Lipinski definition) is 2. The van der Waals surface area contributed by atoms with Crippen molar-refractivity contribution in [1.82, 2.24) is 0 Å². The van der Waals surface area contributed by atoms with Gasteiger partial charge in [-0.05, 0) is 0 Å². The van der Waals surface area contributed by atoms with E-state index in [9.17, 15) is 0 Å². The molecule has 0 bridgehead atoms. The Kier molecular flexibility index (Phi) is 19.0. The third kappa shape index (κ3) is 13.6. The molecule has 0 unspecified atom stereocenters. The van der Waals surface area contributed by atoms with Gasteiger partial charge in [0, 0.05) is 0 Å². The van der Waals surface area contributed by atoms with E-state index < -0.39 is 0 Å². The Balaban J connectivity index is -0.000000205. The Labute approximate surface area is 132 Å². The molecule has 0 aliphatic heterocycles. The molecule has 0 radical (unpaired) electrons. The summed E-state index contributed by atoms with van der Waals surface area (Å²) in [7, 11) is 1.50. The van der Waals surface area contributed by atoms with Crippen molar-refractivity contribution < 1.29 is 31.9 Å². The van der Waals surface area contributed by atoms with E-state index in [1.807, 2.05) is 0 Å². The summed E-state index contributed by atoms with van der Waals surface area (Å²) in [6, 6.07) is 12.8. The van der Waals surface area contributed by atoms with Crippen molar-refractivity contribution in [2.75, 3.05) is 14.2 Å². The third-order valence-corrected chi connectivity index (χ3v) is 2.13. The molecule has 19 heavy (non-hydrogen) atoms. The van der Waals surface area contributed by atoms with Crippen LogP contribution in [0.15, 0.2) is 36.4 Å². The fraction of sp³-hybridized carbons (Fsp3) is 0.375. The maximum absolute atomic E-state index is 8.25. The van der Waals surface area contributed by atoms with Gasteiger partial charge in [-0.3, -0.25) is 0 Å². The molecule has 104 valence electrons. The zero-order chi connectivity index (χ0) is 14.6. The summed E-state index contributed by atoms with van der Waals surface area (Å²) in [4.78, 5) is 0. The molecule has 0 amide bonds. The van der Waals surface area contributed by atoms with Gasteiger partial charge in [-0.1, -0.05) is 27.7 Å². The summed E-state index contributed by atoms with van der Waals surface area (Å²) in [5, 5.41) is 16.5. The molecular formula is C16H24O2Ti. The zero-order valence-electron chi connectivity index (χ0n) is 12.8. The van der Waals surface area contributed by atoms with Gasteiger partial charge in [0.05, 0.1) is 0 Å². The Bertz CT molecular complexity index is 318. The minimum absolute atomic E-state index is 0. The molecular weight excluding hydrogens is 272 g/mol. The van der Waals surface area contributed by atoms with Crippen LogP contribution >= 0.6 is 0 Å². The predicted molar refractivity (Wildman–Crippen MR) is 74.9 cm³/mol. The van der Waals surface area contributed by atoms with Crippen molar-refractivity contribution in [3.05, 3.63) is 58.7 Å². The largest absolute Gasteiger partial charge is 4.00 e. The predicted octanol–water partition coefficient (Wildman–Crippen LogP) is 2.00. The second kappa shape index (κ2) is 15.4. The zero-order valence-corrected chi connectivity index (χ0v) is 14.3. The first-order valence-corrected chi connectivity index (χ1v) is 5.79. The minimum Gasteiger partial charge on any atom is -0.857 e. The van der Waals surface area contributed by atoms with Gasteiger partial charge in [0.2, 0.25) is 0 Å². The number of aryl methyl sites for hydroxylation is 4. The van der Waals surface area contributed by atoms with Crippen LogP contribution in [0.1, 0.15) is 22.3 Å². The summed E-state index contributed by atoms with van der Waals surface area (Å²) >= 11 is 0. The first kappa shape index (κ1) is 23.4.